The highest BCUT2D eigenvalue weighted by Crippen LogP contribution is 2.36. The molecule has 0 spiro atoms. The maximum absolute atomic E-state index is 12.7. The van der Waals surface area contributed by atoms with Crippen LogP contribution in [0.2, 0.25) is 0 Å². The van der Waals surface area contributed by atoms with E-state index in [0.717, 1.165) is 6.07 Å². The van der Waals surface area contributed by atoms with Crippen molar-refractivity contribution < 1.29 is 22.3 Å². The standard InChI is InChI=1S/C13H12F3NO2/c14-13(15,16)10-3-1-2-4-11(10)19-8-12-9(7-17)5-6-18-12/h1-6H,7-8,17H2. The van der Waals surface area contributed by atoms with Crippen molar-refractivity contribution in [3.05, 3.63) is 53.5 Å². The first kappa shape index (κ1) is 13.5. The first-order valence-electron chi connectivity index (χ1n) is 5.56. The molecule has 0 amide bonds. The zero-order chi connectivity index (χ0) is 13.9. The molecule has 0 atom stereocenters. The van der Waals surface area contributed by atoms with Crippen molar-refractivity contribution in [1.29, 1.82) is 0 Å². The van der Waals surface area contributed by atoms with Gasteiger partial charge in [0.2, 0.25) is 0 Å². The summed E-state index contributed by atoms with van der Waals surface area (Å²) in [7, 11) is 0. The first-order valence-corrected chi connectivity index (χ1v) is 5.56. The van der Waals surface area contributed by atoms with E-state index < -0.39 is 11.7 Å². The third-order valence-electron chi connectivity index (χ3n) is 2.61. The largest absolute Gasteiger partial charge is 0.485 e. The number of nitrogens with two attached hydrogens (primary N) is 1. The van der Waals surface area contributed by atoms with E-state index in [1.807, 2.05) is 0 Å². The van der Waals surface area contributed by atoms with Crippen LogP contribution in [0.5, 0.6) is 5.75 Å². The lowest BCUT2D eigenvalue weighted by atomic mass is 10.2. The Balaban J connectivity index is 2.16. The van der Waals surface area contributed by atoms with Crippen molar-refractivity contribution in [2.45, 2.75) is 19.3 Å². The highest BCUT2D eigenvalue weighted by Gasteiger charge is 2.34. The van der Waals surface area contributed by atoms with E-state index >= 15 is 0 Å². The first-order chi connectivity index (χ1) is 9.02. The normalized spacial score (nSPS) is 11.6. The van der Waals surface area contributed by atoms with Gasteiger partial charge in [-0.05, 0) is 18.2 Å². The van der Waals surface area contributed by atoms with Crippen LogP contribution in [-0.2, 0) is 19.3 Å². The van der Waals surface area contributed by atoms with Crippen LogP contribution >= 0.6 is 0 Å². The second kappa shape index (κ2) is 5.36. The number of rotatable bonds is 4. The van der Waals surface area contributed by atoms with Crippen LogP contribution in [0.3, 0.4) is 0 Å². The number of halogens is 3. The summed E-state index contributed by atoms with van der Waals surface area (Å²) in [4.78, 5) is 0. The molecule has 0 aliphatic heterocycles. The number of hydrogen-bond acceptors (Lipinski definition) is 3. The van der Waals surface area contributed by atoms with Gasteiger partial charge in [-0.1, -0.05) is 12.1 Å². The van der Waals surface area contributed by atoms with E-state index in [1.54, 1.807) is 6.07 Å². The Morgan fingerprint density at radius 2 is 1.89 bits per heavy atom. The van der Waals surface area contributed by atoms with Gasteiger partial charge in [-0.25, -0.2) is 0 Å². The second-order valence-electron chi connectivity index (χ2n) is 3.86. The summed E-state index contributed by atoms with van der Waals surface area (Å²) in [6, 6.07) is 6.70. The lowest BCUT2D eigenvalue weighted by molar-refractivity contribution is -0.139. The van der Waals surface area contributed by atoms with Gasteiger partial charge in [-0.2, -0.15) is 13.2 Å². The predicted octanol–water partition coefficient (Wildman–Crippen LogP) is 3.34. The minimum Gasteiger partial charge on any atom is -0.485 e. The fourth-order valence-corrected chi connectivity index (χ4v) is 1.65. The topological polar surface area (TPSA) is 48.4 Å². The van der Waals surface area contributed by atoms with Crippen molar-refractivity contribution in [3.8, 4) is 5.75 Å². The average molecular weight is 271 g/mol. The molecule has 1 aromatic heterocycles. The van der Waals surface area contributed by atoms with E-state index in [4.69, 9.17) is 14.9 Å². The van der Waals surface area contributed by atoms with Crippen LogP contribution in [0.25, 0.3) is 0 Å². The lowest BCUT2D eigenvalue weighted by Gasteiger charge is -2.13. The highest BCUT2D eigenvalue weighted by atomic mass is 19.4. The highest BCUT2D eigenvalue weighted by molar-refractivity contribution is 5.35. The second-order valence-corrected chi connectivity index (χ2v) is 3.86. The predicted molar refractivity (Wildman–Crippen MR) is 62.4 cm³/mol. The summed E-state index contributed by atoms with van der Waals surface area (Å²) in [5, 5.41) is 0. The average Bonchev–Trinajstić information content (AvgIpc) is 2.83. The maximum atomic E-state index is 12.7. The summed E-state index contributed by atoms with van der Waals surface area (Å²) in [6.07, 6.45) is -3.02. The summed E-state index contributed by atoms with van der Waals surface area (Å²) < 4.78 is 48.5. The smallest absolute Gasteiger partial charge is 0.419 e. The molecule has 1 heterocycles. The molecular weight excluding hydrogens is 259 g/mol. The van der Waals surface area contributed by atoms with Crippen molar-refractivity contribution in [1.82, 2.24) is 0 Å². The monoisotopic (exact) mass is 271 g/mol. The Bertz CT molecular complexity index is 549. The lowest BCUT2D eigenvalue weighted by Crippen LogP contribution is -2.09. The van der Waals surface area contributed by atoms with Gasteiger partial charge in [-0.3, -0.25) is 0 Å². The van der Waals surface area contributed by atoms with E-state index in [0.29, 0.717) is 11.3 Å². The summed E-state index contributed by atoms with van der Waals surface area (Å²) >= 11 is 0. The van der Waals surface area contributed by atoms with Gasteiger partial charge in [0.15, 0.2) is 0 Å². The molecule has 6 heteroatoms. The number of furan rings is 1. The minimum absolute atomic E-state index is 0.0906. The van der Waals surface area contributed by atoms with Crippen LogP contribution in [0.15, 0.2) is 41.0 Å². The van der Waals surface area contributed by atoms with Gasteiger partial charge < -0.3 is 14.9 Å². The third kappa shape index (κ3) is 3.08. The minimum atomic E-state index is -4.45. The van der Waals surface area contributed by atoms with Gasteiger partial charge in [0, 0.05) is 12.1 Å². The van der Waals surface area contributed by atoms with Crippen LogP contribution in [0.4, 0.5) is 13.2 Å². The van der Waals surface area contributed by atoms with Crippen LogP contribution in [0, 0.1) is 0 Å². The molecule has 2 N–H and O–H groups in total. The molecule has 1 aromatic carbocycles. The molecular formula is C13H12F3NO2. The molecule has 0 unspecified atom stereocenters. The summed E-state index contributed by atoms with van der Waals surface area (Å²) in [5.74, 6) is 0.203. The maximum Gasteiger partial charge on any atom is 0.419 e. The molecule has 0 saturated carbocycles. The van der Waals surface area contributed by atoms with Crippen molar-refractivity contribution in [2.75, 3.05) is 0 Å². The van der Waals surface area contributed by atoms with E-state index in [1.165, 1.54) is 24.5 Å². The summed E-state index contributed by atoms with van der Waals surface area (Å²) in [6.45, 7) is 0.155. The third-order valence-corrected chi connectivity index (χ3v) is 2.61. The molecule has 0 aliphatic carbocycles. The van der Waals surface area contributed by atoms with E-state index in [9.17, 15) is 13.2 Å². The van der Waals surface area contributed by atoms with Crippen molar-refractivity contribution >= 4 is 0 Å². The van der Waals surface area contributed by atoms with Gasteiger partial charge in [0.1, 0.15) is 18.1 Å². The number of alkyl halides is 3. The van der Waals surface area contributed by atoms with Gasteiger partial charge in [-0.15, -0.1) is 0 Å². The van der Waals surface area contributed by atoms with Crippen molar-refractivity contribution in [2.24, 2.45) is 5.73 Å². The zero-order valence-corrected chi connectivity index (χ0v) is 9.91. The van der Waals surface area contributed by atoms with Crippen LogP contribution < -0.4 is 10.5 Å². The molecule has 0 fully saturated rings. The summed E-state index contributed by atoms with van der Waals surface area (Å²) in [5.41, 5.74) is 5.37. The molecule has 2 rings (SSSR count). The quantitative estimate of drug-likeness (QED) is 0.927. The van der Waals surface area contributed by atoms with E-state index in [2.05, 4.69) is 0 Å². The Hall–Kier alpha value is -1.95. The number of ether oxygens (including phenoxy) is 1. The number of para-hydroxylation sites is 1. The van der Waals surface area contributed by atoms with Gasteiger partial charge in [0.25, 0.3) is 0 Å². The Morgan fingerprint density at radius 1 is 1.16 bits per heavy atom. The Morgan fingerprint density at radius 3 is 2.58 bits per heavy atom. The molecule has 0 aliphatic rings. The van der Waals surface area contributed by atoms with Crippen molar-refractivity contribution in [3.63, 3.8) is 0 Å². The molecule has 0 radical (unpaired) electrons. The Kier molecular flexibility index (Phi) is 3.80. The number of benzene rings is 1. The Labute approximate surface area is 107 Å². The van der Waals surface area contributed by atoms with E-state index in [-0.39, 0.29) is 18.9 Å². The molecule has 19 heavy (non-hydrogen) atoms. The molecule has 0 saturated heterocycles. The molecule has 2 aromatic rings. The fourth-order valence-electron chi connectivity index (χ4n) is 1.65. The van der Waals surface area contributed by atoms with Gasteiger partial charge in [0.05, 0.1) is 11.8 Å². The zero-order valence-electron chi connectivity index (χ0n) is 9.91. The van der Waals surface area contributed by atoms with Gasteiger partial charge >= 0.3 is 6.18 Å². The SMILES string of the molecule is NCc1ccoc1COc1ccccc1C(F)(F)F. The van der Waals surface area contributed by atoms with Crippen LogP contribution in [0.1, 0.15) is 16.9 Å². The molecule has 0 bridgehead atoms. The molecule has 102 valence electrons. The fraction of sp³-hybridized carbons (Fsp3) is 0.231. The molecule has 3 nitrogen and oxygen atoms in total. The number of hydrogen-bond donors (Lipinski definition) is 1. The van der Waals surface area contributed by atoms with Crippen LogP contribution in [-0.4, -0.2) is 0 Å².